The minimum Gasteiger partial charge on any atom is -0.465 e. The molecule has 1 aliphatic carbocycles. The third-order valence-corrected chi connectivity index (χ3v) is 3.41. The van der Waals surface area contributed by atoms with E-state index in [2.05, 4.69) is 0 Å². The van der Waals surface area contributed by atoms with Gasteiger partial charge in [0.2, 0.25) is 5.91 Å². The van der Waals surface area contributed by atoms with E-state index in [0.717, 1.165) is 4.90 Å². The molecule has 1 saturated heterocycles. The van der Waals surface area contributed by atoms with Crippen LogP contribution in [-0.4, -0.2) is 27.8 Å². The fourth-order valence-electron chi connectivity index (χ4n) is 2.73. The number of ketones is 1. The van der Waals surface area contributed by atoms with Gasteiger partial charge in [-0.25, -0.2) is 9.69 Å². The summed E-state index contributed by atoms with van der Waals surface area (Å²) in [6.07, 6.45) is -1.29. The number of imide groups is 1. The summed E-state index contributed by atoms with van der Waals surface area (Å²) >= 11 is 0. The van der Waals surface area contributed by atoms with Gasteiger partial charge in [-0.2, -0.15) is 0 Å². The molecular weight excluding hydrogens is 222 g/mol. The van der Waals surface area contributed by atoms with Gasteiger partial charge in [-0.1, -0.05) is 24.3 Å². The Morgan fingerprint density at radius 1 is 1.29 bits per heavy atom. The van der Waals surface area contributed by atoms with Crippen LogP contribution >= 0.6 is 0 Å². The number of carboxylic acid groups (broad SMARTS) is 1. The van der Waals surface area contributed by atoms with Gasteiger partial charge in [0.25, 0.3) is 0 Å². The first kappa shape index (κ1) is 10.0. The van der Waals surface area contributed by atoms with Crippen molar-refractivity contribution < 1.29 is 19.5 Å². The summed E-state index contributed by atoms with van der Waals surface area (Å²) in [7, 11) is 0. The van der Waals surface area contributed by atoms with Crippen molar-refractivity contribution in [1.82, 2.24) is 4.90 Å². The van der Waals surface area contributed by atoms with E-state index in [0.29, 0.717) is 11.1 Å². The first-order valence-electron chi connectivity index (χ1n) is 5.29. The molecule has 86 valence electrons. The van der Waals surface area contributed by atoms with Crippen molar-refractivity contribution in [2.45, 2.75) is 12.5 Å². The average Bonchev–Trinajstić information content (AvgIpc) is 2.76. The number of nitrogens with zero attached hydrogens (tertiary/aromatic N) is 1. The maximum absolute atomic E-state index is 12.0. The van der Waals surface area contributed by atoms with Crippen LogP contribution in [0.4, 0.5) is 4.79 Å². The van der Waals surface area contributed by atoms with E-state index < -0.39 is 24.0 Å². The average molecular weight is 231 g/mol. The number of hydrogen-bond donors (Lipinski definition) is 1. The minimum atomic E-state index is -1.29. The lowest BCUT2D eigenvalue weighted by molar-refractivity contribution is -0.127. The van der Waals surface area contributed by atoms with Crippen LogP contribution in [0.15, 0.2) is 24.3 Å². The van der Waals surface area contributed by atoms with Gasteiger partial charge >= 0.3 is 6.09 Å². The summed E-state index contributed by atoms with van der Waals surface area (Å²) in [5.74, 6) is -1.14. The van der Waals surface area contributed by atoms with Crippen LogP contribution in [0.25, 0.3) is 0 Å². The van der Waals surface area contributed by atoms with Gasteiger partial charge in [0.15, 0.2) is 5.78 Å². The van der Waals surface area contributed by atoms with E-state index in [1.165, 1.54) is 0 Å². The molecule has 1 aliphatic heterocycles. The second kappa shape index (κ2) is 3.16. The Morgan fingerprint density at radius 3 is 2.71 bits per heavy atom. The summed E-state index contributed by atoms with van der Waals surface area (Å²) in [6.45, 7) is 0. The minimum absolute atomic E-state index is 0.00944. The lowest BCUT2D eigenvalue weighted by Crippen LogP contribution is -2.33. The van der Waals surface area contributed by atoms with E-state index in [4.69, 9.17) is 5.11 Å². The number of benzene rings is 1. The van der Waals surface area contributed by atoms with Crippen molar-refractivity contribution in [2.75, 3.05) is 0 Å². The maximum atomic E-state index is 12.0. The Kier molecular flexibility index (Phi) is 1.86. The number of likely N-dealkylation sites (tertiary alicyclic amines) is 1. The Labute approximate surface area is 96.6 Å². The molecule has 2 amide bonds. The van der Waals surface area contributed by atoms with Crippen LogP contribution in [0.1, 0.15) is 28.4 Å². The molecule has 1 heterocycles. The third kappa shape index (κ3) is 1.16. The second-order valence-corrected chi connectivity index (χ2v) is 4.25. The van der Waals surface area contributed by atoms with Gasteiger partial charge in [0.1, 0.15) is 0 Å². The van der Waals surface area contributed by atoms with Gasteiger partial charge in [0.05, 0.1) is 12.0 Å². The molecule has 1 N–H and O–H groups in total. The fraction of sp³-hybridized carbons (Fsp3) is 0.250. The molecule has 1 fully saturated rings. The standard InChI is InChI=1S/C12H9NO4/c14-9-5-8-10(13(9)12(16)17)6-3-1-2-4-7(6)11(8)15/h1-4,8,10H,5H2,(H,16,17)/t8-,10-/m1/s1. The van der Waals surface area contributed by atoms with E-state index in [1.54, 1.807) is 24.3 Å². The number of carbonyl (C=O) groups is 3. The van der Waals surface area contributed by atoms with Crippen molar-refractivity contribution in [2.24, 2.45) is 5.92 Å². The van der Waals surface area contributed by atoms with Crippen molar-refractivity contribution in [3.05, 3.63) is 35.4 Å². The molecule has 0 radical (unpaired) electrons. The fourth-order valence-corrected chi connectivity index (χ4v) is 2.73. The highest BCUT2D eigenvalue weighted by Gasteiger charge is 2.52. The number of hydrogen-bond acceptors (Lipinski definition) is 3. The molecular formula is C12H9NO4. The molecule has 0 unspecified atom stereocenters. The monoisotopic (exact) mass is 231 g/mol. The van der Waals surface area contributed by atoms with E-state index >= 15 is 0 Å². The first-order chi connectivity index (χ1) is 8.11. The topological polar surface area (TPSA) is 74.7 Å². The largest absolute Gasteiger partial charge is 0.465 e. The van der Waals surface area contributed by atoms with E-state index in [1.807, 2.05) is 0 Å². The van der Waals surface area contributed by atoms with Crippen LogP contribution in [0.3, 0.4) is 0 Å². The van der Waals surface area contributed by atoms with Crippen molar-refractivity contribution in [3.8, 4) is 0 Å². The summed E-state index contributed by atoms with van der Waals surface area (Å²) in [5.41, 5.74) is 1.19. The molecule has 2 atom stereocenters. The summed E-state index contributed by atoms with van der Waals surface area (Å²) in [5, 5.41) is 9.04. The first-order valence-corrected chi connectivity index (χ1v) is 5.29. The van der Waals surface area contributed by atoms with Crippen molar-refractivity contribution in [3.63, 3.8) is 0 Å². The lowest BCUT2D eigenvalue weighted by atomic mass is 10.0. The zero-order valence-corrected chi connectivity index (χ0v) is 8.79. The maximum Gasteiger partial charge on any atom is 0.414 e. The zero-order chi connectivity index (χ0) is 12.2. The summed E-state index contributed by atoms with van der Waals surface area (Å²) in [4.78, 5) is 35.4. The highest BCUT2D eigenvalue weighted by molar-refractivity contribution is 6.09. The predicted molar refractivity (Wildman–Crippen MR) is 56.5 cm³/mol. The van der Waals surface area contributed by atoms with Gasteiger partial charge < -0.3 is 5.11 Å². The molecule has 5 nitrogen and oxygen atoms in total. The van der Waals surface area contributed by atoms with Gasteiger partial charge in [-0.3, -0.25) is 9.59 Å². The SMILES string of the molecule is O=C1c2ccccc2[C@@H]2[C@H]1CC(=O)N2C(=O)O. The molecule has 0 bridgehead atoms. The van der Waals surface area contributed by atoms with Crippen LogP contribution in [0, 0.1) is 5.92 Å². The Bertz CT molecular complexity index is 551. The quantitative estimate of drug-likeness (QED) is 0.733. The smallest absolute Gasteiger partial charge is 0.414 e. The molecule has 3 rings (SSSR count). The highest BCUT2D eigenvalue weighted by Crippen LogP contribution is 2.46. The number of Topliss-reactive ketones (excluding diaryl/α,β-unsaturated/α-hetero) is 1. The number of carbonyl (C=O) groups excluding carboxylic acids is 2. The number of rotatable bonds is 0. The van der Waals surface area contributed by atoms with Crippen molar-refractivity contribution >= 4 is 17.8 Å². The summed E-state index contributed by atoms with van der Waals surface area (Å²) < 4.78 is 0. The molecule has 0 aromatic heterocycles. The molecule has 17 heavy (non-hydrogen) atoms. The predicted octanol–water partition coefficient (Wildman–Crippen LogP) is 1.45. The normalized spacial score (nSPS) is 26.0. The molecule has 1 aromatic rings. The molecule has 0 saturated carbocycles. The molecule has 2 aliphatic rings. The van der Waals surface area contributed by atoms with Crippen LogP contribution < -0.4 is 0 Å². The van der Waals surface area contributed by atoms with Gasteiger partial charge in [0, 0.05) is 12.0 Å². The van der Waals surface area contributed by atoms with E-state index in [9.17, 15) is 14.4 Å². The van der Waals surface area contributed by atoms with Crippen LogP contribution in [-0.2, 0) is 4.79 Å². The zero-order valence-electron chi connectivity index (χ0n) is 8.79. The Balaban J connectivity index is 2.16. The Morgan fingerprint density at radius 2 is 2.00 bits per heavy atom. The van der Waals surface area contributed by atoms with E-state index in [-0.39, 0.29) is 12.2 Å². The molecule has 1 aromatic carbocycles. The van der Waals surface area contributed by atoms with Gasteiger partial charge in [-0.05, 0) is 5.56 Å². The van der Waals surface area contributed by atoms with Crippen LogP contribution in [0.2, 0.25) is 0 Å². The van der Waals surface area contributed by atoms with Crippen molar-refractivity contribution in [1.29, 1.82) is 0 Å². The summed E-state index contributed by atoms with van der Waals surface area (Å²) in [6, 6.07) is 6.26. The lowest BCUT2D eigenvalue weighted by Gasteiger charge is -2.18. The molecule has 0 spiro atoms. The number of fused-ring (bicyclic) bond motifs is 3. The van der Waals surface area contributed by atoms with Crippen LogP contribution in [0.5, 0.6) is 0 Å². The van der Waals surface area contributed by atoms with Gasteiger partial charge in [-0.15, -0.1) is 0 Å². The number of amides is 2. The Hall–Kier alpha value is -2.17. The second-order valence-electron chi connectivity index (χ2n) is 4.25. The third-order valence-electron chi connectivity index (χ3n) is 3.41. The molecule has 5 heteroatoms. The highest BCUT2D eigenvalue weighted by atomic mass is 16.4.